The van der Waals surface area contributed by atoms with E-state index in [4.69, 9.17) is 9.98 Å². The molecule has 1 aliphatic heterocycles. The van der Waals surface area contributed by atoms with E-state index in [1.807, 2.05) is 26.1 Å². The van der Waals surface area contributed by atoms with E-state index in [2.05, 4.69) is 64.3 Å². The van der Waals surface area contributed by atoms with E-state index < -0.39 is 0 Å². The lowest BCUT2D eigenvalue weighted by Crippen LogP contribution is -2.20. The number of nitrogens with zero attached hydrogens (tertiary/aromatic N) is 6. The maximum atomic E-state index is 4.83. The van der Waals surface area contributed by atoms with Crippen LogP contribution >= 0.6 is 0 Å². The summed E-state index contributed by atoms with van der Waals surface area (Å²) in [6.07, 6.45) is 3.66. The van der Waals surface area contributed by atoms with Gasteiger partial charge < -0.3 is 0 Å². The second kappa shape index (κ2) is 9.43. The fourth-order valence-electron chi connectivity index (χ4n) is 4.24. The van der Waals surface area contributed by atoms with Gasteiger partial charge in [-0.05, 0) is 43.9 Å². The molecular weight excluding hydrogens is 384 g/mol. The first-order valence-corrected chi connectivity index (χ1v) is 10.9. The summed E-state index contributed by atoms with van der Waals surface area (Å²) < 4.78 is 0. The summed E-state index contributed by atoms with van der Waals surface area (Å²) in [6, 6.07) is 12.6. The molecule has 6 nitrogen and oxygen atoms in total. The van der Waals surface area contributed by atoms with Crippen LogP contribution in [0.4, 0.5) is 0 Å². The van der Waals surface area contributed by atoms with Crippen molar-refractivity contribution in [2.75, 3.05) is 13.1 Å². The molecule has 2 aromatic heterocycles. The van der Waals surface area contributed by atoms with Crippen molar-refractivity contribution in [1.82, 2.24) is 25.1 Å². The van der Waals surface area contributed by atoms with Crippen LogP contribution in [-0.2, 0) is 13.1 Å². The summed E-state index contributed by atoms with van der Waals surface area (Å²) in [7, 11) is 0. The van der Waals surface area contributed by atoms with Crippen LogP contribution in [-0.4, -0.2) is 43.9 Å². The molecule has 0 radical (unpaired) electrons. The molecule has 31 heavy (non-hydrogen) atoms. The zero-order valence-corrected chi connectivity index (χ0v) is 18.8. The van der Waals surface area contributed by atoms with Gasteiger partial charge in [0.15, 0.2) is 5.82 Å². The summed E-state index contributed by atoms with van der Waals surface area (Å²) in [4.78, 5) is 16.2. The first-order chi connectivity index (χ1) is 15.0. The van der Waals surface area contributed by atoms with Gasteiger partial charge in [-0.3, -0.25) is 14.9 Å². The molecule has 160 valence electrons. The van der Waals surface area contributed by atoms with Gasteiger partial charge in [-0.1, -0.05) is 37.3 Å². The van der Waals surface area contributed by atoms with Gasteiger partial charge in [-0.15, -0.1) is 10.2 Å². The maximum Gasteiger partial charge on any atom is 0.155 e. The number of aryl methyl sites for hydroxylation is 2. The molecule has 3 aromatic rings. The minimum Gasteiger partial charge on any atom is -0.298 e. The molecule has 2 unspecified atom stereocenters. The quantitative estimate of drug-likeness (QED) is 0.568. The summed E-state index contributed by atoms with van der Waals surface area (Å²) in [6.45, 7) is 11.8. The van der Waals surface area contributed by atoms with Crippen LogP contribution in [0.2, 0.25) is 0 Å². The summed E-state index contributed by atoms with van der Waals surface area (Å²) >= 11 is 0. The molecule has 0 N–H and O–H groups in total. The van der Waals surface area contributed by atoms with Gasteiger partial charge in [0, 0.05) is 49.2 Å². The lowest BCUT2D eigenvalue weighted by molar-refractivity contribution is 0.318. The lowest BCUT2D eigenvalue weighted by atomic mass is 9.97. The summed E-state index contributed by atoms with van der Waals surface area (Å²) in [5.41, 5.74) is 6.28. The Hall–Kier alpha value is -2.99. The average Bonchev–Trinajstić information content (AvgIpc) is 3.13. The monoisotopic (exact) mass is 414 g/mol. The fraction of sp³-hybridized carbons (Fsp3) is 0.400. The highest BCUT2D eigenvalue weighted by Crippen LogP contribution is 2.31. The van der Waals surface area contributed by atoms with Crippen LogP contribution in [0.25, 0.3) is 0 Å². The molecule has 2 atom stereocenters. The van der Waals surface area contributed by atoms with Crippen molar-refractivity contribution in [1.29, 1.82) is 0 Å². The molecule has 1 aromatic carbocycles. The van der Waals surface area contributed by atoms with Crippen LogP contribution in [0.1, 0.15) is 53.7 Å². The third-order valence-corrected chi connectivity index (χ3v) is 6.14. The van der Waals surface area contributed by atoms with E-state index in [1.54, 1.807) is 6.20 Å². The molecule has 1 saturated heterocycles. The zero-order chi connectivity index (χ0) is 21.8. The van der Waals surface area contributed by atoms with Gasteiger partial charge in [-0.25, -0.2) is 4.98 Å². The van der Waals surface area contributed by atoms with Crippen molar-refractivity contribution < 1.29 is 0 Å². The van der Waals surface area contributed by atoms with Gasteiger partial charge >= 0.3 is 0 Å². The second-order valence-electron chi connectivity index (χ2n) is 8.56. The first-order valence-electron chi connectivity index (χ1n) is 10.9. The summed E-state index contributed by atoms with van der Waals surface area (Å²) in [5, 5.41) is 9.01. The lowest BCUT2D eigenvalue weighted by Gasteiger charge is -2.15. The number of likely N-dealkylation sites (tertiary alicyclic amines) is 1. The fourth-order valence-corrected chi connectivity index (χ4v) is 4.24. The Kier molecular flexibility index (Phi) is 6.47. The molecule has 6 heteroatoms. The van der Waals surface area contributed by atoms with Crippen molar-refractivity contribution in [2.24, 2.45) is 10.9 Å². The topological polar surface area (TPSA) is 67.2 Å². The average molecular weight is 415 g/mol. The van der Waals surface area contributed by atoms with Gasteiger partial charge in [0.25, 0.3) is 0 Å². The second-order valence-corrected chi connectivity index (χ2v) is 8.56. The molecule has 0 spiro atoms. The van der Waals surface area contributed by atoms with Crippen LogP contribution in [0.3, 0.4) is 0 Å². The number of hydrogen-bond acceptors (Lipinski definition) is 6. The van der Waals surface area contributed by atoms with Crippen molar-refractivity contribution in [3.05, 3.63) is 82.7 Å². The van der Waals surface area contributed by atoms with E-state index in [9.17, 15) is 0 Å². The van der Waals surface area contributed by atoms with Gasteiger partial charge in [0.1, 0.15) is 5.69 Å². The molecule has 3 heterocycles. The number of aliphatic imine (C=N–C) groups is 1. The summed E-state index contributed by atoms with van der Waals surface area (Å²) in [5.74, 6) is 1.67. The molecular formula is C25H30N6. The van der Waals surface area contributed by atoms with E-state index in [1.165, 1.54) is 11.1 Å². The highest BCUT2D eigenvalue weighted by molar-refractivity contribution is 5.99. The third kappa shape index (κ3) is 5.02. The Balaban J connectivity index is 1.44. The van der Waals surface area contributed by atoms with Crippen molar-refractivity contribution >= 4 is 5.71 Å². The zero-order valence-electron chi connectivity index (χ0n) is 18.8. The van der Waals surface area contributed by atoms with E-state index in [0.717, 1.165) is 48.1 Å². The molecule has 0 saturated carbocycles. The molecule has 1 aliphatic rings. The predicted octanol–water partition coefficient (Wildman–Crippen LogP) is 4.13. The van der Waals surface area contributed by atoms with Gasteiger partial charge in [0.2, 0.25) is 0 Å². The van der Waals surface area contributed by atoms with E-state index in [0.29, 0.717) is 18.4 Å². The number of hydrogen-bond donors (Lipinski definition) is 0. The van der Waals surface area contributed by atoms with Crippen LogP contribution < -0.4 is 0 Å². The highest BCUT2D eigenvalue weighted by Gasteiger charge is 2.33. The Morgan fingerprint density at radius 3 is 2.65 bits per heavy atom. The molecule has 0 bridgehead atoms. The number of pyridine rings is 1. The number of rotatable bonds is 6. The molecule has 1 fully saturated rings. The van der Waals surface area contributed by atoms with Crippen molar-refractivity contribution in [2.45, 2.75) is 46.7 Å². The first kappa shape index (κ1) is 21.2. The Bertz CT molecular complexity index is 1060. The standard InChI is InChI=1S/C25H30N6/c1-17-10-11-26-12-22(17)19(3)27-13-24-20(4)28-25(30-29-24)23-16-31(14-18(23)2)15-21-8-6-5-7-9-21/h5-12,18,23H,13-16H2,1-4H3. The third-order valence-electron chi connectivity index (χ3n) is 6.14. The number of benzene rings is 1. The van der Waals surface area contributed by atoms with Gasteiger partial charge in [-0.2, -0.15) is 0 Å². The maximum absolute atomic E-state index is 4.83. The largest absolute Gasteiger partial charge is 0.298 e. The minimum absolute atomic E-state index is 0.312. The van der Waals surface area contributed by atoms with E-state index in [-0.39, 0.29) is 0 Å². The molecule has 4 rings (SSSR count). The van der Waals surface area contributed by atoms with Crippen molar-refractivity contribution in [3.8, 4) is 0 Å². The van der Waals surface area contributed by atoms with Crippen LogP contribution in [0, 0.1) is 19.8 Å². The normalized spacial score (nSPS) is 19.7. The smallest absolute Gasteiger partial charge is 0.155 e. The molecule has 0 amide bonds. The highest BCUT2D eigenvalue weighted by atomic mass is 15.2. The minimum atomic E-state index is 0.312. The van der Waals surface area contributed by atoms with Crippen molar-refractivity contribution in [3.63, 3.8) is 0 Å². The van der Waals surface area contributed by atoms with Gasteiger partial charge in [0.05, 0.1) is 12.2 Å². The Morgan fingerprint density at radius 2 is 1.90 bits per heavy atom. The van der Waals surface area contributed by atoms with Crippen LogP contribution in [0.5, 0.6) is 0 Å². The van der Waals surface area contributed by atoms with E-state index >= 15 is 0 Å². The SMILES string of the molecule is CC(=NCc1nnc(C2CN(Cc3ccccc3)CC2C)nc1C)c1cnccc1C. The predicted molar refractivity (Wildman–Crippen MR) is 123 cm³/mol. The molecule has 0 aliphatic carbocycles. The van der Waals surface area contributed by atoms with Crippen LogP contribution in [0.15, 0.2) is 53.8 Å². The Morgan fingerprint density at radius 1 is 1.10 bits per heavy atom. The Labute approximate surface area is 184 Å². The number of aromatic nitrogens is 4.